The van der Waals surface area contributed by atoms with Crippen LogP contribution in [0.25, 0.3) is 106 Å². The van der Waals surface area contributed by atoms with Gasteiger partial charge in [0.2, 0.25) is 0 Å². The largest absolute Gasteiger partial charge is 0.309 e. The average molecular weight is 864 g/mol. The predicted molar refractivity (Wildman–Crippen MR) is 280 cm³/mol. The molecule has 14 rings (SSSR count). The minimum absolute atomic E-state index is 0.582. The van der Waals surface area contributed by atoms with Gasteiger partial charge in [-0.05, 0) is 103 Å². The monoisotopic (exact) mass is 863 g/mol. The normalized spacial score (nSPS) is 14.2. The molecule has 1 spiro atoms. The molecule has 0 bridgehead atoms. The fraction of sp³-hybridized carbons (Fsp3) is 0.0154. The first-order valence-electron chi connectivity index (χ1n) is 23.4. The maximum atomic E-state index is 5.43. The molecule has 12 aromatic rings. The van der Waals surface area contributed by atoms with Crippen LogP contribution >= 0.6 is 0 Å². The number of hydrogen-bond donors (Lipinski definition) is 0. The second-order valence-corrected chi connectivity index (χ2v) is 18.0. The van der Waals surface area contributed by atoms with Crippen molar-refractivity contribution in [1.29, 1.82) is 0 Å². The van der Waals surface area contributed by atoms with Gasteiger partial charge in [-0.15, -0.1) is 0 Å². The van der Waals surface area contributed by atoms with Crippen LogP contribution in [-0.4, -0.2) is 14.5 Å². The van der Waals surface area contributed by atoms with Gasteiger partial charge in [0, 0.05) is 27.5 Å². The molecule has 10 aromatic carbocycles. The minimum atomic E-state index is -0.582. The lowest BCUT2D eigenvalue weighted by Gasteiger charge is -2.40. The molecule has 1 atom stereocenters. The van der Waals surface area contributed by atoms with Crippen molar-refractivity contribution in [3.63, 3.8) is 0 Å². The van der Waals surface area contributed by atoms with Gasteiger partial charge >= 0.3 is 0 Å². The molecule has 0 saturated heterocycles. The highest BCUT2D eigenvalue weighted by atomic mass is 15.0. The second kappa shape index (κ2) is 15.1. The Kier molecular flexibility index (Phi) is 8.50. The van der Waals surface area contributed by atoms with E-state index < -0.39 is 5.41 Å². The van der Waals surface area contributed by atoms with Crippen molar-refractivity contribution in [2.75, 3.05) is 0 Å². The van der Waals surface area contributed by atoms with Gasteiger partial charge in [-0.1, -0.05) is 212 Å². The van der Waals surface area contributed by atoms with E-state index in [1.165, 1.54) is 72.0 Å². The van der Waals surface area contributed by atoms with Gasteiger partial charge in [-0.3, -0.25) is 0 Å². The molecule has 2 aliphatic rings. The van der Waals surface area contributed by atoms with Gasteiger partial charge in [-0.2, -0.15) is 0 Å². The topological polar surface area (TPSA) is 30.7 Å². The predicted octanol–water partition coefficient (Wildman–Crippen LogP) is 16.3. The Bertz CT molecular complexity index is 3880. The molecule has 3 nitrogen and oxygen atoms in total. The van der Waals surface area contributed by atoms with Crippen LogP contribution in [0.1, 0.15) is 22.3 Å². The number of rotatable bonds is 6. The van der Waals surface area contributed by atoms with Crippen molar-refractivity contribution in [2.24, 2.45) is 0 Å². The Morgan fingerprint density at radius 1 is 0.309 bits per heavy atom. The first-order valence-corrected chi connectivity index (χ1v) is 23.4. The van der Waals surface area contributed by atoms with Crippen LogP contribution in [0, 0.1) is 0 Å². The zero-order chi connectivity index (χ0) is 44.8. The lowest BCUT2D eigenvalue weighted by molar-refractivity contribution is 0.750. The molecule has 1 unspecified atom stereocenters. The number of nitrogens with zero attached hydrogens (tertiary/aromatic N) is 3. The summed E-state index contributed by atoms with van der Waals surface area (Å²) < 4.78 is 2.51. The smallest absolute Gasteiger partial charge is 0.160 e. The summed E-state index contributed by atoms with van der Waals surface area (Å²) in [5.41, 5.74) is 22.6. The molecule has 0 fully saturated rings. The molecular weight excluding hydrogens is 823 g/mol. The SMILES string of the molecule is c1ccc(-c2cccc(-c3cc(-c4cccc(-c5cccc6c5C5(c7ccccc7-6)c6ccccc6-n6c7ccccc7c7cccc5c76)c4)nc(-c4cccc(-c5ccccc5)c4)n3)c2)cc1. The lowest BCUT2D eigenvalue weighted by atomic mass is 9.64. The summed E-state index contributed by atoms with van der Waals surface area (Å²) in [7, 11) is 0. The van der Waals surface area contributed by atoms with Crippen molar-refractivity contribution in [1.82, 2.24) is 14.5 Å². The molecule has 0 saturated carbocycles. The van der Waals surface area contributed by atoms with E-state index in [1.54, 1.807) is 0 Å². The summed E-state index contributed by atoms with van der Waals surface area (Å²) in [4.78, 5) is 10.8. The Morgan fingerprint density at radius 3 is 1.54 bits per heavy atom. The highest BCUT2D eigenvalue weighted by Crippen LogP contribution is 2.63. The molecule has 1 aliphatic heterocycles. The Morgan fingerprint density at radius 2 is 0.794 bits per heavy atom. The fourth-order valence-corrected chi connectivity index (χ4v) is 11.5. The van der Waals surface area contributed by atoms with Gasteiger partial charge in [0.15, 0.2) is 5.82 Å². The van der Waals surface area contributed by atoms with E-state index in [2.05, 4.69) is 253 Å². The first-order chi connectivity index (χ1) is 33.7. The maximum Gasteiger partial charge on any atom is 0.160 e. The van der Waals surface area contributed by atoms with Crippen LogP contribution in [-0.2, 0) is 5.41 Å². The molecule has 0 N–H and O–H groups in total. The summed E-state index contributed by atoms with van der Waals surface area (Å²) in [5, 5.41) is 2.54. The molecule has 3 heterocycles. The summed E-state index contributed by atoms with van der Waals surface area (Å²) >= 11 is 0. The van der Waals surface area contributed by atoms with E-state index in [-0.39, 0.29) is 0 Å². The van der Waals surface area contributed by atoms with Crippen LogP contribution in [0.4, 0.5) is 0 Å². The van der Waals surface area contributed by atoms with Crippen molar-refractivity contribution in [2.45, 2.75) is 5.41 Å². The molecule has 3 heteroatoms. The highest BCUT2D eigenvalue weighted by molar-refractivity contribution is 6.13. The zero-order valence-corrected chi connectivity index (χ0v) is 37.0. The number of fused-ring (bicyclic) bond motifs is 12. The van der Waals surface area contributed by atoms with Crippen molar-refractivity contribution in [3.05, 3.63) is 271 Å². The Balaban J connectivity index is 0.990. The number of aromatic nitrogens is 3. The van der Waals surface area contributed by atoms with E-state index in [9.17, 15) is 0 Å². The standard InChI is InChI=1S/C65H41N3/c1-3-18-42(19-4-1)44-22-13-25-47(38-44)58-41-59(67-64(66-58)49-27-14-23-45(39-49)43-20-5-2-6-21-43)48-26-15-24-46(40-48)50-30-16-31-53-51-28-7-9-33-55(51)65(62(50)53)56-34-10-12-37-61(56)68-60-36-11-8-29-52(60)54-32-17-35-57(65)63(54)68/h1-41H. The highest BCUT2D eigenvalue weighted by Gasteiger charge is 2.52. The Labute approximate surface area is 395 Å². The van der Waals surface area contributed by atoms with Crippen LogP contribution in [0.2, 0.25) is 0 Å². The van der Waals surface area contributed by atoms with Crippen molar-refractivity contribution >= 4 is 21.8 Å². The van der Waals surface area contributed by atoms with Crippen molar-refractivity contribution < 1.29 is 0 Å². The molecule has 68 heavy (non-hydrogen) atoms. The van der Waals surface area contributed by atoms with Crippen LogP contribution < -0.4 is 0 Å². The third-order valence-corrected chi connectivity index (χ3v) is 14.4. The van der Waals surface area contributed by atoms with E-state index in [1.807, 2.05) is 0 Å². The molecular formula is C65H41N3. The summed E-state index contributed by atoms with van der Waals surface area (Å²) in [6.07, 6.45) is 0. The number of benzene rings is 10. The molecule has 0 radical (unpaired) electrons. The van der Waals surface area contributed by atoms with Gasteiger partial charge < -0.3 is 4.57 Å². The van der Waals surface area contributed by atoms with E-state index in [0.29, 0.717) is 5.82 Å². The summed E-state index contributed by atoms with van der Waals surface area (Å²) in [5.74, 6) is 0.683. The third-order valence-electron chi connectivity index (χ3n) is 14.4. The third kappa shape index (κ3) is 5.66. The van der Waals surface area contributed by atoms with E-state index in [4.69, 9.17) is 9.97 Å². The van der Waals surface area contributed by atoms with Gasteiger partial charge in [0.25, 0.3) is 0 Å². The fourth-order valence-electron chi connectivity index (χ4n) is 11.5. The minimum Gasteiger partial charge on any atom is -0.309 e. The molecule has 2 aromatic heterocycles. The van der Waals surface area contributed by atoms with Gasteiger partial charge in [-0.25, -0.2) is 9.97 Å². The van der Waals surface area contributed by atoms with Crippen molar-refractivity contribution in [3.8, 4) is 84.1 Å². The van der Waals surface area contributed by atoms with E-state index in [0.717, 1.165) is 50.3 Å². The summed E-state index contributed by atoms with van der Waals surface area (Å²) in [6.45, 7) is 0. The molecule has 1 aliphatic carbocycles. The quantitative estimate of drug-likeness (QED) is 0.167. The Hall–Kier alpha value is -8.92. The number of hydrogen-bond acceptors (Lipinski definition) is 2. The molecule has 0 amide bonds. The average Bonchev–Trinajstić information content (AvgIpc) is 3.92. The summed E-state index contributed by atoms with van der Waals surface area (Å²) in [6, 6.07) is 90.5. The van der Waals surface area contributed by atoms with Crippen LogP contribution in [0.3, 0.4) is 0 Å². The van der Waals surface area contributed by atoms with Gasteiger partial charge in [0.05, 0.1) is 33.5 Å². The molecule has 316 valence electrons. The maximum absolute atomic E-state index is 5.43. The van der Waals surface area contributed by atoms with Crippen LogP contribution in [0.5, 0.6) is 0 Å². The zero-order valence-electron chi connectivity index (χ0n) is 37.0. The van der Waals surface area contributed by atoms with Crippen LogP contribution in [0.15, 0.2) is 249 Å². The van der Waals surface area contributed by atoms with E-state index >= 15 is 0 Å². The second-order valence-electron chi connectivity index (χ2n) is 18.0. The first kappa shape index (κ1) is 38.4. The van der Waals surface area contributed by atoms with Gasteiger partial charge in [0.1, 0.15) is 0 Å². The lowest BCUT2D eigenvalue weighted by Crippen LogP contribution is -2.34. The number of para-hydroxylation sites is 3.